The van der Waals surface area contributed by atoms with Gasteiger partial charge in [-0.05, 0) is 49.4 Å². The van der Waals surface area contributed by atoms with E-state index >= 15 is 0 Å². The van der Waals surface area contributed by atoms with Gasteiger partial charge in [0.05, 0.1) is 10.6 Å². The SMILES string of the molecule is C[C@H](OC(=O)c1cccc(Oc2ccccc2)c1)C(=O)Nc1ccc(Cl)cn1. The molecular formula is C21H17ClN2O4. The number of para-hydroxylation sites is 1. The number of nitrogens with zero attached hydrogens (tertiary/aromatic N) is 1. The summed E-state index contributed by atoms with van der Waals surface area (Å²) in [4.78, 5) is 28.5. The minimum atomic E-state index is -1.01. The largest absolute Gasteiger partial charge is 0.457 e. The second-order valence-corrected chi connectivity index (χ2v) is 6.28. The molecule has 3 rings (SSSR count). The number of aromatic nitrogens is 1. The van der Waals surface area contributed by atoms with Gasteiger partial charge in [0, 0.05) is 6.20 Å². The molecule has 3 aromatic rings. The van der Waals surface area contributed by atoms with E-state index < -0.39 is 18.0 Å². The fraction of sp³-hybridized carbons (Fsp3) is 0.0952. The molecule has 28 heavy (non-hydrogen) atoms. The van der Waals surface area contributed by atoms with Gasteiger partial charge >= 0.3 is 5.97 Å². The summed E-state index contributed by atoms with van der Waals surface area (Å²) >= 11 is 5.76. The number of carbonyl (C=O) groups excluding carboxylic acids is 2. The van der Waals surface area contributed by atoms with Gasteiger partial charge in [0.2, 0.25) is 0 Å². The van der Waals surface area contributed by atoms with Gasteiger partial charge in [-0.1, -0.05) is 35.9 Å². The van der Waals surface area contributed by atoms with Gasteiger partial charge in [-0.15, -0.1) is 0 Å². The normalized spacial score (nSPS) is 11.4. The van der Waals surface area contributed by atoms with Crippen molar-refractivity contribution < 1.29 is 19.1 Å². The molecule has 0 aliphatic carbocycles. The number of halogens is 1. The standard InChI is InChI=1S/C21H17ClN2O4/c1-14(20(25)24-19-11-10-16(22)13-23-19)27-21(26)15-6-5-9-18(12-15)28-17-7-3-2-4-8-17/h2-14H,1H3,(H,23,24,25)/t14-/m0/s1. The van der Waals surface area contributed by atoms with E-state index in [4.69, 9.17) is 21.1 Å². The molecule has 6 nitrogen and oxygen atoms in total. The predicted octanol–water partition coefficient (Wildman–Crippen LogP) is 4.71. The van der Waals surface area contributed by atoms with Crippen LogP contribution in [0.3, 0.4) is 0 Å². The zero-order valence-corrected chi connectivity index (χ0v) is 15.7. The maximum atomic E-state index is 12.4. The Bertz CT molecular complexity index is 962. The van der Waals surface area contributed by atoms with Crippen LogP contribution in [0.2, 0.25) is 5.02 Å². The molecule has 1 aromatic heterocycles. The molecule has 142 valence electrons. The first kappa shape index (κ1) is 19.4. The van der Waals surface area contributed by atoms with E-state index in [0.29, 0.717) is 22.3 Å². The third-order valence-corrected chi connectivity index (χ3v) is 3.90. The van der Waals surface area contributed by atoms with Crippen LogP contribution in [0.15, 0.2) is 72.9 Å². The van der Waals surface area contributed by atoms with Crippen molar-refractivity contribution in [3.8, 4) is 11.5 Å². The molecule has 0 aliphatic rings. The molecule has 1 N–H and O–H groups in total. The average Bonchev–Trinajstić information content (AvgIpc) is 2.70. The fourth-order valence-corrected chi connectivity index (χ4v) is 2.38. The third-order valence-electron chi connectivity index (χ3n) is 3.68. The maximum Gasteiger partial charge on any atom is 0.339 e. The molecule has 0 spiro atoms. The van der Waals surface area contributed by atoms with Crippen LogP contribution < -0.4 is 10.1 Å². The molecule has 1 heterocycles. The van der Waals surface area contributed by atoms with Crippen LogP contribution in [0.4, 0.5) is 5.82 Å². The Kier molecular flexibility index (Phi) is 6.24. The highest BCUT2D eigenvalue weighted by molar-refractivity contribution is 6.30. The Morgan fingerprint density at radius 3 is 2.46 bits per heavy atom. The number of rotatable bonds is 6. The second kappa shape index (κ2) is 9.01. The van der Waals surface area contributed by atoms with E-state index in [2.05, 4.69) is 10.3 Å². The van der Waals surface area contributed by atoms with Gasteiger partial charge in [0.15, 0.2) is 6.10 Å². The van der Waals surface area contributed by atoms with E-state index in [9.17, 15) is 9.59 Å². The molecule has 7 heteroatoms. The first-order chi connectivity index (χ1) is 13.5. The Labute approximate surface area is 167 Å². The molecule has 0 saturated heterocycles. The number of esters is 1. The monoisotopic (exact) mass is 396 g/mol. The van der Waals surface area contributed by atoms with Crippen LogP contribution in [-0.4, -0.2) is 23.0 Å². The molecule has 0 fully saturated rings. The minimum Gasteiger partial charge on any atom is -0.457 e. The summed E-state index contributed by atoms with van der Waals surface area (Å²) in [7, 11) is 0. The lowest BCUT2D eigenvalue weighted by molar-refractivity contribution is -0.123. The Balaban J connectivity index is 1.61. The zero-order chi connectivity index (χ0) is 19.9. The lowest BCUT2D eigenvalue weighted by Crippen LogP contribution is -2.30. The summed E-state index contributed by atoms with van der Waals surface area (Å²) in [5.74, 6) is 0.319. The summed E-state index contributed by atoms with van der Waals surface area (Å²) in [6, 6.07) is 18.9. The quantitative estimate of drug-likeness (QED) is 0.610. The summed E-state index contributed by atoms with van der Waals surface area (Å²) in [6.07, 6.45) is 0.398. The van der Waals surface area contributed by atoms with Crippen LogP contribution in [0.1, 0.15) is 17.3 Å². The van der Waals surface area contributed by atoms with Crippen molar-refractivity contribution in [1.29, 1.82) is 0 Å². The second-order valence-electron chi connectivity index (χ2n) is 5.84. The number of anilines is 1. The van der Waals surface area contributed by atoms with Gasteiger partial charge < -0.3 is 14.8 Å². The lowest BCUT2D eigenvalue weighted by Gasteiger charge is -2.13. The van der Waals surface area contributed by atoms with E-state index in [1.165, 1.54) is 13.1 Å². The number of hydrogen-bond acceptors (Lipinski definition) is 5. The molecule has 0 unspecified atom stereocenters. The van der Waals surface area contributed by atoms with Crippen LogP contribution in [-0.2, 0) is 9.53 Å². The molecule has 0 bridgehead atoms. The smallest absolute Gasteiger partial charge is 0.339 e. The van der Waals surface area contributed by atoms with Crippen LogP contribution in [0.5, 0.6) is 11.5 Å². The lowest BCUT2D eigenvalue weighted by atomic mass is 10.2. The number of benzene rings is 2. The van der Waals surface area contributed by atoms with Crippen molar-refractivity contribution >= 4 is 29.3 Å². The molecule has 2 aromatic carbocycles. The van der Waals surface area contributed by atoms with E-state index in [0.717, 1.165) is 0 Å². The molecule has 0 radical (unpaired) electrons. The first-order valence-corrected chi connectivity index (χ1v) is 8.85. The van der Waals surface area contributed by atoms with Gasteiger partial charge in [-0.25, -0.2) is 9.78 Å². The molecule has 1 atom stereocenters. The van der Waals surface area contributed by atoms with Crippen molar-refractivity contribution in [2.45, 2.75) is 13.0 Å². The molecule has 0 saturated carbocycles. The van der Waals surface area contributed by atoms with Gasteiger partial charge in [-0.2, -0.15) is 0 Å². The summed E-state index contributed by atoms with van der Waals surface area (Å²) in [5.41, 5.74) is 0.276. The predicted molar refractivity (Wildman–Crippen MR) is 106 cm³/mol. The van der Waals surface area contributed by atoms with Gasteiger partial charge in [0.25, 0.3) is 5.91 Å². The first-order valence-electron chi connectivity index (χ1n) is 8.47. The summed E-state index contributed by atoms with van der Waals surface area (Å²) in [5, 5.41) is 3.01. The fourth-order valence-electron chi connectivity index (χ4n) is 2.27. The summed E-state index contributed by atoms with van der Waals surface area (Å²) < 4.78 is 10.9. The number of ether oxygens (including phenoxy) is 2. The third kappa shape index (κ3) is 5.31. The van der Waals surface area contributed by atoms with E-state index in [1.807, 2.05) is 30.3 Å². The highest BCUT2D eigenvalue weighted by atomic mass is 35.5. The number of carbonyl (C=O) groups is 2. The topological polar surface area (TPSA) is 77.5 Å². The number of hydrogen-bond donors (Lipinski definition) is 1. The van der Waals surface area contributed by atoms with Crippen molar-refractivity contribution in [2.24, 2.45) is 0 Å². The molecule has 0 aliphatic heterocycles. The minimum absolute atomic E-state index is 0.276. The molecular weight excluding hydrogens is 380 g/mol. The number of amides is 1. The highest BCUT2D eigenvalue weighted by Gasteiger charge is 2.19. The van der Waals surface area contributed by atoms with E-state index in [-0.39, 0.29) is 5.56 Å². The van der Waals surface area contributed by atoms with Crippen molar-refractivity contribution in [1.82, 2.24) is 4.98 Å². The Morgan fingerprint density at radius 2 is 1.75 bits per heavy atom. The number of nitrogens with one attached hydrogen (secondary N) is 1. The van der Waals surface area contributed by atoms with Crippen LogP contribution >= 0.6 is 11.6 Å². The van der Waals surface area contributed by atoms with Crippen molar-refractivity contribution in [2.75, 3.05) is 5.32 Å². The number of pyridine rings is 1. The van der Waals surface area contributed by atoms with Gasteiger partial charge in [0.1, 0.15) is 17.3 Å². The van der Waals surface area contributed by atoms with Crippen LogP contribution in [0, 0.1) is 0 Å². The van der Waals surface area contributed by atoms with Gasteiger partial charge in [-0.3, -0.25) is 4.79 Å². The van der Waals surface area contributed by atoms with Crippen molar-refractivity contribution in [3.05, 3.63) is 83.5 Å². The highest BCUT2D eigenvalue weighted by Crippen LogP contribution is 2.22. The average molecular weight is 397 g/mol. The zero-order valence-electron chi connectivity index (χ0n) is 15.0. The Morgan fingerprint density at radius 1 is 1.00 bits per heavy atom. The maximum absolute atomic E-state index is 12.4. The van der Waals surface area contributed by atoms with E-state index in [1.54, 1.807) is 36.4 Å². The summed E-state index contributed by atoms with van der Waals surface area (Å²) in [6.45, 7) is 1.48. The van der Waals surface area contributed by atoms with Crippen molar-refractivity contribution in [3.63, 3.8) is 0 Å². The molecule has 1 amide bonds. The Hall–Kier alpha value is -3.38. The van der Waals surface area contributed by atoms with Crippen LogP contribution in [0.25, 0.3) is 0 Å².